The molecule has 0 aliphatic carbocycles. The van der Waals surface area contributed by atoms with Crippen molar-refractivity contribution in [3.05, 3.63) is 45.9 Å². The number of nitrogens with zero attached hydrogens (tertiary/aromatic N) is 2. The van der Waals surface area contributed by atoms with Gasteiger partial charge in [0.25, 0.3) is 5.91 Å². The second kappa shape index (κ2) is 7.00. The summed E-state index contributed by atoms with van der Waals surface area (Å²) in [6, 6.07) is 8.10. The normalized spacial score (nSPS) is 15.9. The Morgan fingerprint density at radius 1 is 1.29 bits per heavy atom. The van der Waals surface area contributed by atoms with E-state index >= 15 is 0 Å². The Bertz CT molecular complexity index is 759. The number of carbonyl (C=O) groups excluding carboxylic acids is 2. The Morgan fingerprint density at radius 2 is 2.04 bits per heavy atom. The van der Waals surface area contributed by atoms with E-state index in [-0.39, 0.29) is 24.8 Å². The predicted molar refractivity (Wildman–Crippen MR) is 93.9 cm³/mol. The van der Waals surface area contributed by atoms with Crippen LogP contribution in [-0.2, 0) is 16.0 Å². The van der Waals surface area contributed by atoms with Crippen molar-refractivity contribution in [1.82, 2.24) is 15.8 Å². The zero-order chi connectivity index (χ0) is 17.1. The fourth-order valence-corrected chi connectivity index (χ4v) is 3.66. The summed E-state index contributed by atoms with van der Waals surface area (Å²) in [4.78, 5) is 30.2. The third kappa shape index (κ3) is 3.73. The van der Waals surface area contributed by atoms with E-state index in [0.29, 0.717) is 5.92 Å². The number of carbonyl (C=O) groups is 2. The highest BCUT2D eigenvalue weighted by atomic mass is 32.1. The van der Waals surface area contributed by atoms with Crippen LogP contribution in [0.5, 0.6) is 0 Å². The summed E-state index contributed by atoms with van der Waals surface area (Å²) in [7, 11) is 0. The minimum absolute atomic E-state index is 0.169. The van der Waals surface area contributed by atoms with Crippen molar-refractivity contribution in [2.24, 2.45) is 0 Å². The summed E-state index contributed by atoms with van der Waals surface area (Å²) >= 11 is 1.44. The molecular weight excluding hydrogens is 324 g/mol. The first-order valence-corrected chi connectivity index (χ1v) is 8.73. The third-order valence-corrected chi connectivity index (χ3v) is 4.92. The number of thiazole rings is 1. The van der Waals surface area contributed by atoms with Crippen molar-refractivity contribution in [1.29, 1.82) is 0 Å². The average molecular weight is 344 g/mol. The number of rotatable bonds is 4. The van der Waals surface area contributed by atoms with Crippen LogP contribution in [0.4, 0.5) is 5.69 Å². The number of benzene rings is 1. The summed E-state index contributed by atoms with van der Waals surface area (Å²) in [5.74, 6) is -0.104. The van der Waals surface area contributed by atoms with E-state index in [9.17, 15) is 9.59 Å². The molecular formula is C17H20N4O2S. The van der Waals surface area contributed by atoms with Gasteiger partial charge in [0.05, 0.1) is 13.0 Å². The van der Waals surface area contributed by atoms with Gasteiger partial charge in [-0.3, -0.25) is 20.4 Å². The third-order valence-electron chi connectivity index (χ3n) is 3.96. The number of fused-ring (bicyclic) bond motifs is 1. The molecule has 126 valence electrons. The predicted octanol–water partition coefficient (Wildman–Crippen LogP) is 1.77. The van der Waals surface area contributed by atoms with Gasteiger partial charge in [-0.25, -0.2) is 4.98 Å². The van der Waals surface area contributed by atoms with Crippen LogP contribution < -0.4 is 15.8 Å². The van der Waals surface area contributed by atoms with Crippen LogP contribution in [-0.4, -0.2) is 29.9 Å². The highest BCUT2D eigenvalue weighted by molar-refractivity contribution is 7.09. The first-order valence-electron chi connectivity index (χ1n) is 7.85. The van der Waals surface area contributed by atoms with Gasteiger partial charge in [0.2, 0.25) is 5.91 Å². The Kier molecular flexibility index (Phi) is 4.80. The molecule has 1 atom stereocenters. The standard InChI is InChI=1S/C17H20N4O2S/c1-11-8-21(14-6-4-3-5-13(11)14)9-16(23)20-19-15(22)7-17-18-12(2)10-24-17/h3-6,10-11H,7-9H2,1-2H3,(H,19,22)(H,20,23). The summed E-state index contributed by atoms with van der Waals surface area (Å²) in [5, 5.41) is 2.63. The molecule has 2 N–H and O–H groups in total. The van der Waals surface area contributed by atoms with E-state index in [1.54, 1.807) is 0 Å². The SMILES string of the molecule is Cc1csc(CC(=O)NNC(=O)CN2CC(C)c3ccccc32)n1. The molecule has 1 aromatic heterocycles. The van der Waals surface area contributed by atoms with Crippen LogP contribution in [0.3, 0.4) is 0 Å². The van der Waals surface area contributed by atoms with Crippen LogP contribution in [0.15, 0.2) is 29.6 Å². The molecule has 1 unspecified atom stereocenters. The van der Waals surface area contributed by atoms with Gasteiger partial charge in [0.15, 0.2) is 0 Å². The monoisotopic (exact) mass is 344 g/mol. The minimum atomic E-state index is -0.270. The second-order valence-electron chi connectivity index (χ2n) is 6.00. The molecule has 6 nitrogen and oxygen atoms in total. The fraction of sp³-hybridized carbons (Fsp3) is 0.353. The fourth-order valence-electron chi connectivity index (χ4n) is 2.89. The van der Waals surface area contributed by atoms with E-state index in [2.05, 4.69) is 28.8 Å². The Morgan fingerprint density at radius 3 is 2.79 bits per heavy atom. The lowest BCUT2D eigenvalue weighted by atomic mass is 10.0. The number of hydrazine groups is 1. The van der Waals surface area contributed by atoms with Gasteiger partial charge in [0.1, 0.15) is 5.01 Å². The van der Waals surface area contributed by atoms with Gasteiger partial charge < -0.3 is 4.90 Å². The van der Waals surface area contributed by atoms with E-state index in [1.807, 2.05) is 35.4 Å². The Balaban J connectivity index is 1.49. The molecule has 0 spiro atoms. The maximum atomic E-state index is 12.1. The highest BCUT2D eigenvalue weighted by Crippen LogP contribution is 2.35. The van der Waals surface area contributed by atoms with Gasteiger partial charge in [0, 0.05) is 29.2 Å². The molecule has 0 saturated heterocycles. The molecule has 0 saturated carbocycles. The largest absolute Gasteiger partial charge is 0.361 e. The molecule has 1 aromatic carbocycles. The van der Waals surface area contributed by atoms with Crippen molar-refractivity contribution in [3.63, 3.8) is 0 Å². The zero-order valence-electron chi connectivity index (χ0n) is 13.7. The molecule has 7 heteroatoms. The number of amides is 2. The first kappa shape index (κ1) is 16.4. The number of hydrogen-bond donors (Lipinski definition) is 2. The number of para-hydroxylation sites is 1. The number of aromatic nitrogens is 1. The van der Waals surface area contributed by atoms with E-state index in [0.717, 1.165) is 22.9 Å². The Labute approximate surface area is 144 Å². The number of nitrogens with one attached hydrogen (secondary N) is 2. The maximum Gasteiger partial charge on any atom is 0.257 e. The van der Waals surface area contributed by atoms with Crippen molar-refractivity contribution in [2.75, 3.05) is 18.0 Å². The van der Waals surface area contributed by atoms with E-state index in [1.165, 1.54) is 16.9 Å². The minimum Gasteiger partial charge on any atom is -0.361 e. The van der Waals surface area contributed by atoms with Crippen LogP contribution in [0.25, 0.3) is 0 Å². The van der Waals surface area contributed by atoms with E-state index < -0.39 is 0 Å². The summed E-state index contributed by atoms with van der Waals surface area (Å²) < 4.78 is 0. The molecule has 24 heavy (non-hydrogen) atoms. The summed E-state index contributed by atoms with van der Waals surface area (Å²) in [6.45, 7) is 5.06. The quantitative estimate of drug-likeness (QED) is 0.829. The van der Waals surface area contributed by atoms with Gasteiger partial charge in [-0.15, -0.1) is 11.3 Å². The molecule has 0 fully saturated rings. The van der Waals surface area contributed by atoms with Crippen molar-refractivity contribution in [2.45, 2.75) is 26.2 Å². The lowest BCUT2D eigenvalue weighted by molar-refractivity contribution is -0.127. The molecule has 2 amide bonds. The Hall–Kier alpha value is -2.41. The number of aryl methyl sites for hydroxylation is 1. The van der Waals surface area contributed by atoms with Crippen molar-refractivity contribution in [3.8, 4) is 0 Å². The van der Waals surface area contributed by atoms with Crippen LogP contribution in [0.2, 0.25) is 0 Å². The van der Waals surface area contributed by atoms with Crippen LogP contribution in [0, 0.1) is 6.92 Å². The molecule has 2 heterocycles. The van der Waals surface area contributed by atoms with Crippen molar-refractivity contribution < 1.29 is 9.59 Å². The first-order chi connectivity index (χ1) is 11.5. The summed E-state index contributed by atoms with van der Waals surface area (Å²) in [6.07, 6.45) is 0.169. The van der Waals surface area contributed by atoms with Crippen LogP contribution >= 0.6 is 11.3 Å². The van der Waals surface area contributed by atoms with Gasteiger partial charge >= 0.3 is 0 Å². The number of anilines is 1. The summed E-state index contributed by atoms with van der Waals surface area (Å²) in [5.41, 5.74) is 8.17. The average Bonchev–Trinajstić information content (AvgIpc) is 3.10. The van der Waals surface area contributed by atoms with Gasteiger partial charge in [-0.1, -0.05) is 25.1 Å². The zero-order valence-corrected chi connectivity index (χ0v) is 14.5. The molecule has 1 aliphatic heterocycles. The second-order valence-corrected chi connectivity index (χ2v) is 6.94. The topological polar surface area (TPSA) is 74.3 Å². The molecule has 1 aliphatic rings. The molecule has 2 aromatic rings. The number of hydrogen-bond acceptors (Lipinski definition) is 5. The smallest absolute Gasteiger partial charge is 0.257 e. The van der Waals surface area contributed by atoms with Gasteiger partial charge in [-0.05, 0) is 18.6 Å². The highest BCUT2D eigenvalue weighted by Gasteiger charge is 2.26. The maximum absolute atomic E-state index is 12.1. The lowest BCUT2D eigenvalue weighted by Gasteiger charge is -2.19. The lowest BCUT2D eigenvalue weighted by Crippen LogP contribution is -2.46. The van der Waals surface area contributed by atoms with Gasteiger partial charge in [-0.2, -0.15) is 0 Å². The van der Waals surface area contributed by atoms with Crippen LogP contribution in [0.1, 0.15) is 29.1 Å². The van der Waals surface area contributed by atoms with E-state index in [4.69, 9.17) is 0 Å². The molecule has 0 radical (unpaired) electrons. The molecule has 0 bridgehead atoms. The van der Waals surface area contributed by atoms with Crippen molar-refractivity contribution >= 4 is 28.8 Å². The molecule has 3 rings (SSSR count).